The highest BCUT2D eigenvalue weighted by Crippen LogP contribution is 2.28. The summed E-state index contributed by atoms with van der Waals surface area (Å²) in [5.74, 6) is 0.488. The molecule has 1 atom stereocenters. The molecule has 0 aliphatic carbocycles. The van der Waals surface area contributed by atoms with E-state index in [0.29, 0.717) is 11.4 Å². The SMILES string of the molecule is COc1ccc(C)cc1NC(=O)[C@@H](Nc1ccc(C)cc1)c1ccccc1. The molecule has 0 bridgehead atoms. The molecule has 3 aromatic carbocycles. The van der Waals surface area contributed by atoms with Crippen LogP contribution in [0.15, 0.2) is 72.8 Å². The molecule has 0 radical (unpaired) electrons. The molecule has 3 rings (SSSR count). The van der Waals surface area contributed by atoms with Crippen molar-refractivity contribution in [2.75, 3.05) is 17.7 Å². The summed E-state index contributed by atoms with van der Waals surface area (Å²) in [6.07, 6.45) is 0. The highest BCUT2D eigenvalue weighted by atomic mass is 16.5. The highest BCUT2D eigenvalue weighted by molar-refractivity contribution is 5.98. The van der Waals surface area contributed by atoms with Gasteiger partial charge in [-0.2, -0.15) is 0 Å². The van der Waals surface area contributed by atoms with Crippen molar-refractivity contribution in [2.45, 2.75) is 19.9 Å². The van der Waals surface area contributed by atoms with Gasteiger partial charge in [-0.3, -0.25) is 4.79 Å². The molecule has 2 N–H and O–H groups in total. The van der Waals surface area contributed by atoms with Crippen LogP contribution in [0.25, 0.3) is 0 Å². The van der Waals surface area contributed by atoms with E-state index in [9.17, 15) is 4.79 Å². The topological polar surface area (TPSA) is 50.4 Å². The van der Waals surface area contributed by atoms with Crippen LogP contribution >= 0.6 is 0 Å². The highest BCUT2D eigenvalue weighted by Gasteiger charge is 2.21. The summed E-state index contributed by atoms with van der Waals surface area (Å²) < 4.78 is 5.38. The maximum absolute atomic E-state index is 13.1. The molecule has 0 saturated heterocycles. The summed E-state index contributed by atoms with van der Waals surface area (Å²) in [5.41, 5.74) is 4.66. The molecule has 0 aliphatic rings. The minimum absolute atomic E-state index is 0.148. The zero-order chi connectivity index (χ0) is 19.2. The van der Waals surface area contributed by atoms with Crippen LogP contribution in [0.5, 0.6) is 5.75 Å². The number of amides is 1. The maximum Gasteiger partial charge on any atom is 0.251 e. The van der Waals surface area contributed by atoms with Crippen LogP contribution < -0.4 is 15.4 Å². The second kappa shape index (κ2) is 8.41. The van der Waals surface area contributed by atoms with Gasteiger partial charge in [0.15, 0.2) is 0 Å². The number of hydrogen-bond donors (Lipinski definition) is 2. The molecule has 0 aliphatic heterocycles. The quantitative estimate of drug-likeness (QED) is 0.643. The van der Waals surface area contributed by atoms with E-state index >= 15 is 0 Å². The number of ether oxygens (including phenoxy) is 1. The predicted molar refractivity (Wildman–Crippen MR) is 110 cm³/mol. The summed E-state index contributed by atoms with van der Waals surface area (Å²) in [6, 6.07) is 22.9. The van der Waals surface area contributed by atoms with Crippen LogP contribution in [-0.2, 0) is 4.79 Å². The fourth-order valence-corrected chi connectivity index (χ4v) is 2.89. The number of anilines is 2. The van der Waals surface area contributed by atoms with Crippen molar-refractivity contribution in [3.63, 3.8) is 0 Å². The van der Waals surface area contributed by atoms with Crippen molar-refractivity contribution in [2.24, 2.45) is 0 Å². The predicted octanol–water partition coefficient (Wildman–Crippen LogP) is 5.10. The molecule has 0 aromatic heterocycles. The molecular weight excluding hydrogens is 336 g/mol. The van der Waals surface area contributed by atoms with Gasteiger partial charge in [0.1, 0.15) is 11.8 Å². The first-order valence-electron chi connectivity index (χ1n) is 8.90. The van der Waals surface area contributed by atoms with Crippen molar-refractivity contribution in [1.29, 1.82) is 0 Å². The minimum Gasteiger partial charge on any atom is -0.495 e. The van der Waals surface area contributed by atoms with E-state index in [1.807, 2.05) is 86.6 Å². The minimum atomic E-state index is -0.529. The third kappa shape index (κ3) is 4.67. The van der Waals surface area contributed by atoms with E-state index in [2.05, 4.69) is 10.6 Å². The number of benzene rings is 3. The Labute approximate surface area is 160 Å². The summed E-state index contributed by atoms with van der Waals surface area (Å²) in [5, 5.41) is 6.35. The third-order valence-corrected chi connectivity index (χ3v) is 4.37. The van der Waals surface area contributed by atoms with E-state index in [-0.39, 0.29) is 5.91 Å². The number of nitrogens with one attached hydrogen (secondary N) is 2. The zero-order valence-corrected chi connectivity index (χ0v) is 15.8. The monoisotopic (exact) mass is 360 g/mol. The molecule has 0 saturated carbocycles. The molecule has 0 heterocycles. The van der Waals surface area contributed by atoms with Crippen LogP contribution in [0.2, 0.25) is 0 Å². The van der Waals surface area contributed by atoms with Gasteiger partial charge in [-0.05, 0) is 49.2 Å². The average molecular weight is 360 g/mol. The molecule has 4 nitrogen and oxygen atoms in total. The van der Waals surface area contributed by atoms with Gasteiger partial charge >= 0.3 is 0 Å². The summed E-state index contributed by atoms with van der Waals surface area (Å²) in [4.78, 5) is 13.1. The first-order chi connectivity index (χ1) is 13.1. The van der Waals surface area contributed by atoms with E-state index in [4.69, 9.17) is 4.74 Å². The number of aryl methyl sites for hydroxylation is 2. The van der Waals surface area contributed by atoms with E-state index < -0.39 is 6.04 Å². The molecule has 0 spiro atoms. The Morgan fingerprint density at radius 3 is 2.22 bits per heavy atom. The Kier molecular flexibility index (Phi) is 5.77. The number of carbonyl (C=O) groups is 1. The lowest BCUT2D eigenvalue weighted by Gasteiger charge is -2.21. The molecule has 0 fully saturated rings. The van der Waals surface area contributed by atoms with E-state index in [1.165, 1.54) is 5.56 Å². The number of rotatable bonds is 6. The normalized spacial score (nSPS) is 11.5. The summed E-state index contributed by atoms with van der Waals surface area (Å²) in [7, 11) is 1.60. The fraction of sp³-hybridized carbons (Fsp3) is 0.174. The fourth-order valence-electron chi connectivity index (χ4n) is 2.89. The van der Waals surface area contributed by atoms with Crippen LogP contribution in [-0.4, -0.2) is 13.0 Å². The van der Waals surface area contributed by atoms with Crippen LogP contribution in [0.3, 0.4) is 0 Å². The standard InChI is InChI=1S/C23H24N2O2/c1-16-9-12-19(13-10-16)24-22(18-7-5-4-6-8-18)23(26)25-20-15-17(2)11-14-21(20)27-3/h4-15,22,24H,1-3H3,(H,25,26)/t22-/m0/s1. The third-order valence-electron chi connectivity index (χ3n) is 4.37. The van der Waals surface area contributed by atoms with E-state index in [1.54, 1.807) is 7.11 Å². The molecule has 1 amide bonds. The van der Waals surface area contributed by atoms with Crippen molar-refractivity contribution >= 4 is 17.3 Å². The van der Waals surface area contributed by atoms with Gasteiger partial charge < -0.3 is 15.4 Å². The van der Waals surface area contributed by atoms with Gasteiger partial charge in [0.25, 0.3) is 5.91 Å². The Morgan fingerprint density at radius 2 is 1.56 bits per heavy atom. The molecular formula is C23H24N2O2. The Hall–Kier alpha value is -3.27. The lowest BCUT2D eigenvalue weighted by atomic mass is 10.0. The van der Waals surface area contributed by atoms with Crippen LogP contribution in [0, 0.1) is 13.8 Å². The number of carbonyl (C=O) groups excluding carboxylic acids is 1. The van der Waals surface area contributed by atoms with Crippen LogP contribution in [0.4, 0.5) is 11.4 Å². The largest absolute Gasteiger partial charge is 0.495 e. The first-order valence-corrected chi connectivity index (χ1v) is 8.90. The average Bonchev–Trinajstić information content (AvgIpc) is 2.68. The number of hydrogen-bond acceptors (Lipinski definition) is 3. The van der Waals surface area contributed by atoms with Crippen molar-refractivity contribution in [1.82, 2.24) is 0 Å². The van der Waals surface area contributed by atoms with Gasteiger partial charge in [0.2, 0.25) is 0 Å². The zero-order valence-electron chi connectivity index (χ0n) is 15.8. The molecule has 138 valence electrons. The molecule has 3 aromatic rings. The Balaban J connectivity index is 1.89. The molecule has 27 heavy (non-hydrogen) atoms. The van der Waals surface area contributed by atoms with Gasteiger partial charge in [0, 0.05) is 5.69 Å². The van der Waals surface area contributed by atoms with Crippen molar-refractivity contribution < 1.29 is 9.53 Å². The number of methoxy groups -OCH3 is 1. The Morgan fingerprint density at radius 1 is 0.889 bits per heavy atom. The maximum atomic E-state index is 13.1. The second-order valence-corrected chi connectivity index (χ2v) is 6.55. The lowest BCUT2D eigenvalue weighted by Crippen LogP contribution is -2.27. The van der Waals surface area contributed by atoms with Gasteiger partial charge in [-0.15, -0.1) is 0 Å². The first kappa shape index (κ1) is 18.5. The van der Waals surface area contributed by atoms with Crippen molar-refractivity contribution in [3.8, 4) is 5.75 Å². The van der Waals surface area contributed by atoms with Gasteiger partial charge in [0.05, 0.1) is 12.8 Å². The van der Waals surface area contributed by atoms with Crippen molar-refractivity contribution in [3.05, 3.63) is 89.5 Å². The van der Waals surface area contributed by atoms with Crippen LogP contribution in [0.1, 0.15) is 22.7 Å². The van der Waals surface area contributed by atoms with Gasteiger partial charge in [-0.25, -0.2) is 0 Å². The summed E-state index contributed by atoms with van der Waals surface area (Å²) >= 11 is 0. The van der Waals surface area contributed by atoms with E-state index in [0.717, 1.165) is 16.8 Å². The van der Waals surface area contributed by atoms with Gasteiger partial charge in [-0.1, -0.05) is 54.1 Å². The lowest BCUT2D eigenvalue weighted by molar-refractivity contribution is -0.117. The Bertz CT molecular complexity index is 905. The summed E-state index contributed by atoms with van der Waals surface area (Å²) in [6.45, 7) is 4.02. The molecule has 4 heteroatoms. The smallest absolute Gasteiger partial charge is 0.251 e. The second-order valence-electron chi connectivity index (χ2n) is 6.55. The molecule has 0 unspecified atom stereocenters.